The summed E-state index contributed by atoms with van der Waals surface area (Å²) in [5, 5.41) is 32.4. The summed E-state index contributed by atoms with van der Waals surface area (Å²) in [6, 6.07) is 0. The minimum absolute atomic E-state index is 0.426. The molecule has 0 amide bonds. The minimum Gasteiger partial charge on any atom is -0.479 e. The molecule has 0 aromatic carbocycles. The fourth-order valence-electron chi connectivity index (χ4n) is 0.736. The first-order chi connectivity index (χ1) is 6.38. The zero-order valence-electron chi connectivity index (χ0n) is 7.38. The Morgan fingerprint density at radius 2 is 2.00 bits per heavy atom. The standard InChI is InChI=1S/C6H14NO6P/c7-6(3-9,5(11)12)14(13)2-4(10)1-8/h4,8-10,14H,1-3,7H2,(H,11,12). The van der Waals surface area contributed by atoms with Crippen molar-refractivity contribution >= 4 is 13.8 Å². The lowest BCUT2D eigenvalue weighted by atomic mass is 10.3. The van der Waals surface area contributed by atoms with Crippen LogP contribution in [0.5, 0.6) is 0 Å². The van der Waals surface area contributed by atoms with Crippen LogP contribution in [0.1, 0.15) is 0 Å². The summed E-state index contributed by atoms with van der Waals surface area (Å²) in [5.74, 6) is -1.59. The predicted molar refractivity (Wildman–Crippen MR) is 48.6 cm³/mol. The van der Waals surface area contributed by atoms with Gasteiger partial charge in [-0.15, -0.1) is 0 Å². The number of aliphatic hydroxyl groups excluding tert-OH is 3. The Hall–Kier alpha value is -0.460. The number of rotatable bonds is 6. The van der Waals surface area contributed by atoms with Crippen molar-refractivity contribution in [3.63, 3.8) is 0 Å². The smallest absolute Gasteiger partial charge is 0.333 e. The maximum Gasteiger partial charge on any atom is 0.333 e. The van der Waals surface area contributed by atoms with E-state index >= 15 is 0 Å². The van der Waals surface area contributed by atoms with Gasteiger partial charge in [-0.3, -0.25) is 0 Å². The first kappa shape index (κ1) is 13.5. The van der Waals surface area contributed by atoms with Gasteiger partial charge in [0.05, 0.1) is 19.3 Å². The zero-order chi connectivity index (χ0) is 11.4. The summed E-state index contributed by atoms with van der Waals surface area (Å²) in [6.45, 7) is -1.60. The Morgan fingerprint density at radius 3 is 2.29 bits per heavy atom. The van der Waals surface area contributed by atoms with Gasteiger partial charge in [-0.05, 0) is 0 Å². The molecular formula is C6H14NO6P. The van der Waals surface area contributed by atoms with Gasteiger partial charge in [0, 0.05) is 6.16 Å². The maximum atomic E-state index is 11.4. The predicted octanol–water partition coefficient (Wildman–Crippen LogP) is -2.37. The third-order valence-corrected chi connectivity index (χ3v) is 3.97. The van der Waals surface area contributed by atoms with Crippen molar-refractivity contribution in [2.24, 2.45) is 5.73 Å². The Balaban J connectivity index is 4.55. The molecule has 0 spiro atoms. The number of aliphatic carboxylic acids is 1. The van der Waals surface area contributed by atoms with Gasteiger partial charge in [-0.2, -0.15) is 0 Å². The van der Waals surface area contributed by atoms with Gasteiger partial charge in [0.1, 0.15) is 7.80 Å². The van der Waals surface area contributed by atoms with E-state index in [9.17, 15) is 9.36 Å². The molecule has 0 aliphatic carbocycles. The number of carboxylic acids is 1. The van der Waals surface area contributed by atoms with Crippen LogP contribution >= 0.6 is 7.80 Å². The van der Waals surface area contributed by atoms with Crippen molar-refractivity contribution < 1.29 is 29.8 Å². The molecule has 3 atom stereocenters. The van der Waals surface area contributed by atoms with Gasteiger partial charge in [0.25, 0.3) is 0 Å². The average molecular weight is 227 g/mol. The van der Waals surface area contributed by atoms with Gasteiger partial charge in [-0.1, -0.05) is 0 Å². The largest absolute Gasteiger partial charge is 0.479 e. The molecule has 0 aromatic heterocycles. The van der Waals surface area contributed by atoms with E-state index in [1.807, 2.05) is 0 Å². The molecule has 14 heavy (non-hydrogen) atoms. The van der Waals surface area contributed by atoms with E-state index in [2.05, 4.69) is 0 Å². The molecule has 0 heterocycles. The third kappa shape index (κ3) is 3.04. The minimum atomic E-state index is -2.92. The van der Waals surface area contributed by atoms with Gasteiger partial charge < -0.3 is 30.7 Å². The highest BCUT2D eigenvalue weighted by atomic mass is 31.1. The zero-order valence-corrected chi connectivity index (χ0v) is 8.38. The van der Waals surface area contributed by atoms with Crippen LogP contribution < -0.4 is 5.73 Å². The third-order valence-electron chi connectivity index (χ3n) is 1.76. The molecule has 8 heteroatoms. The van der Waals surface area contributed by atoms with Crippen LogP contribution in [0.2, 0.25) is 0 Å². The number of aliphatic hydroxyl groups is 3. The van der Waals surface area contributed by atoms with Gasteiger partial charge in [-0.25, -0.2) is 4.79 Å². The quantitative estimate of drug-likeness (QED) is 0.319. The van der Waals surface area contributed by atoms with Crippen molar-refractivity contribution in [1.29, 1.82) is 0 Å². The van der Waals surface area contributed by atoms with Crippen molar-refractivity contribution in [2.75, 3.05) is 19.4 Å². The van der Waals surface area contributed by atoms with Crippen molar-refractivity contribution in [3.8, 4) is 0 Å². The monoisotopic (exact) mass is 227 g/mol. The van der Waals surface area contributed by atoms with Crippen LogP contribution in [0, 0.1) is 0 Å². The summed E-state index contributed by atoms with van der Waals surface area (Å²) in [7, 11) is -2.92. The fraction of sp³-hybridized carbons (Fsp3) is 0.833. The highest BCUT2D eigenvalue weighted by Crippen LogP contribution is 2.35. The van der Waals surface area contributed by atoms with E-state index < -0.39 is 44.5 Å². The second-order valence-corrected chi connectivity index (χ2v) is 5.05. The van der Waals surface area contributed by atoms with E-state index in [1.54, 1.807) is 0 Å². The number of hydrogen-bond acceptors (Lipinski definition) is 6. The van der Waals surface area contributed by atoms with E-state index in [0.717, 1.165) is 0 Å². The first-order valence-electron chi connectivity index (χ1n) is 3.83. The Labute approximate surface area is 80.9 Å². The molecule has 0 bridgehead atoms. The second kappa shape index (κ2) is 5.43. The van der Waals surface area contributed by atoms with Gasteiger partial charge in [0.15, 0.2) is 5.28 Å². The molecule has 0 saturated heterocycles. The Morgan fingerprint density at radius 1 is 1.50 bits per heavy atom. The molecule has 3 unspecified atom stereocenters. The average Bonchev–Trinajstić information content (AvgIpc) is 2.15. The molecule has 0 aromatic rings. The van der Waals surface area contributed by atoms with Crippen LogP contribution in [-0.4, -0.2) is 57.2 Å². The summed E-state index contributed by atoms with van der Waals surface area (Å²) >= 11 is 0. The maximum absolute atomic E-state index is 11.4. The lowest BCUT2D eigenvalue weighted by molar-refractivity contribution is -0.141. The molecule has 0 rings (SSSR count). The number of hydrogen-bond donors (Lipinski definition) is 5. The number of carboxylic acid groups (broad SMARTS) is 1. The van der Waals surface area contributed by atoms with E-state index in [-0.39, 0.29) is 0 Å². The van der Waals surface area contributed by atoms with E-state index in [0.29, 0.717) is 0 Å². The highest BCUT2D eigenvalue weighted by molar-refractivity contribution is 7.47. The fourth-order valence-corrected chi connectivity index (χ4v) is 2.07. The van der Waals surface area contributed by atoms with Crippen molar-refractivity contribution in [2.45, 2.75) is 11.4 Å². The molecular weight excluding hydrogens is 213 g/mol. The van der Waals surface area contributed by atoms with Crippen LogP contribution in [0.15, 0.2) is 0 Å². The van der Waals surface area contributed by atoms with Crippen LogP contribution in [-0.2, 0) is 9.36 Å². The number of nitrogens with two attached hydrogens (primary N) is 1. The summed E-state index contributed by atoms with van der Waals surface area (Å²) < 4.78 is 11.4. The molecule has 0 aliphatic rings. The molecule has 0 radical (unpaired) electrons. The van der Waals surface area contributed by atoms with E-state index in [1.165, 1.54) is 0 Å². The van der Waals surface area contributed by atoms with Gasteiger partial charge >= 0.3 is 5.97 Å². The molecule has 84 valence electrons. The Bertz CT molecular complexity index is 234. The van der Waals surface area contributed by atoms with Crippen molar-refractivity contribution in [3.05, 3.63) is 0 Å². The lowest BCUT2D eigenvalue weighted by Crippen LogP contribution is -2.49. The van der Waals surface area contributed by atoms with Gasteiger partial charge in [0.2, 0.25) is 0 Å². The molecule has 0 saturated carbocycles. The molecule has 0 aliphatic heterocycles. The van der Waals surface area contributed by atoms with Crippen LogP contribution in [0.3, 0.4) is 0 Å². The molecule has 0 fully saturated rings. The van der Waals surface area contributed by atoms with Crippen LogP contribution in [0.4, 0.5) is 0 Å². The van der Waals surface area contributed by atoms with Crippen LogP contribution in [0.25, 0.3) is 0 Å². The van der Waals surface area contributed by atoms with E-state index in [4.69, 9.17) is 26.2 Å². The number of carbonyl (C=O) groups is 1. The summed E-state index contributed by atoms with van der Waals surface area (Å²) in [6.07, 6.45) is -1.71. The Kier molecular flexibility index (Phi) is 5.25. The SMILES string of the molecule is NC(CO)(C(=O)O)[PH](=O)CC(O)CO. The summed E-state index contributed by atoms with van der Waals surface area (Å²) in [5.41, 5.74) is 5.18. The first-order valence-corrected chi connectivity index (χ1v) is 5.45. The lowest BCUT2D eigenvalue weighted by Gasteiger charge is -2.22. The molecule has 7 nitrogen and oxygen atoms in total. The normalized spacial score (nSPS) is 19.7. The topological polar surface area (TPSA) is 141 Å². The van der Waals surface area contributed by atoms with Crippen molar-refractivity contribution in [1.82, 2.24) is 0 Å². The summed E-state index contributed by atoms with van der Waals surface area (Å²) in [4.78, 5) is 10.6. The molecule has 6 N–H and O–H groups in total. The second-order valence-electron chi connectivity index (χ2n) is 2.90. The highest BCUT2D eigenvalue weighted by Gasteiger charge is 2.40.